The minimum absolute atomic E-state index is 0.0896. The summed E-state index contributed by atoms with van der Waals surface area (Å²) >= 11 is 5.00. The first kappa shape index (κ1) is 10.8. The first-order valence-electron chi connectivity index (χ1n) is 4.96. The van der Waals surface area contributed by atoms with Gasteiger partial charge in [-0.2, -0.15) is 0 Å². The molecule has 1 aromatic carbocycles. The second kappa shape index (κ2) is 4.06. The van der Waals surface area contributed by atoms with E-state index in [2.05, 4.69) is 5.32 Å². The summed E-state index contributed by atoms with van der Waals surface area (Å²) in [4.78, 5) is 13.2. The molecule has 1 heterocycles. The van der Waals surface area contributed by atoms with Gasteiger partial charge in [-0.15, -0.1) is 0 Å². The lowest BCUT2D eigenvalue weighted by molar-refractivity contribution is -0.121. The van der Waals surface area contributed by atoms with Crippen LogP contribution >= 0.6 is 12.2 Å². The van der Waals surface area contributed by atoms with E-state index in [9.17, 15) is 4.79 Å². The normalized spacial score (nSPS) is 18.1. The molecule has 1 amide bonds. The molecule has 0 saturated carbocycles. The van der Waals surface area contributed by atoms with Crippen LogP contribution in [0.25, 0.3) is 6.08 Å². The van der Waals surface area contributed by atoms with Crippen LogP contribution in [0, 0.1) is 6.92 Å². The zero-order chi connectivity index (χ0) is 11.7. The summed E-state index contributed by atoms with van der Waals surface area (Å²) in [6.07, 6.45) is 1.83. The molecular formula is C12H12N2OS. The third-order valence-corrected chi connectivity index (χ3v) is 2.95. The van der Waals surface area contributed by atoms with Crippen LogP contribution in [0.3, 0.4) is 0 Å². The van der Waals surface area contributed by atoms with Gasteiger partial charge in [0.1, 0.15) is 5.70 Å². The zero-order valence-corrected chi connectivity index (χ0v) is 9.97. The molecule has 0 atom stereocenters. The summed E-state index contributed by atoms with van der Waals surface area (Å²) in [5, 5.41) is 3.35. The summed E-state index contributed by atoms with van der Waals surface area (Å²) in [7, 11) is 1.66. The summed E-state index contributed by atoms with van der Waals surface area (Å²) in [5.74, 6) is -0.0896. The van der Waals surface area contributed by atoms with E-state index >= 15 is 0 Å². The molecule has 82 valence electrons. The van der Waals surface area contributed by atoms with Crippen LogP contribution in [0.1, 0.15) is 11.1 Å². The molecule has 1 aliphatic heterocycles. The Balaban J connectivity index is 2.37. The number of aryl methyl sites for hydroxylation is 1. The Morgan fingerprint density at radius 2 is 2.06 bits per heavy atom. The number of nitrogens with zero attached hydrogens (tertiary/aromatic N) is 1. The number of amides is 1. The van der Waals surface area contributed by atoms with Gasteiger partial charge in [0.05, 0.1) is 0 Å². The molecule has 1 saturated heterocycles. The number of rotatable bonds is 1. The average molecular weight is 232 g/mol. The van der Waals surface area contributed by atoms with Gasteiger partial charge in [0.2, 0.25) is 0 Å². The van der Waals surface area contributed by atoms with Crippen LogP contribution in [0.15, 0.2) is 30.0 Å². The van der Waals surface area contributed by atoms with Gasteiger partial charge in [-0.05, 0) is 36.3 Å². The predicted molar refractivity (Wildman–Crippen MR) is 67.7 cm³/mol. The number of nitrogens with one attached hydrogen (secondary N) is 1. The van der Waals surface area contributed by atoms with Crippen molar-refractivity contribution >= 4 is 29.3 Å². The van der Waals surface area contributed by atoms with E-state index in [4.69, 9.17) is 12.2 Å². The topological polar surface area (TPSA) is 32.3 Å². The monoisotopic (exact) mass is 232 g/mol. The molecule has 0 radical (unpaired) electrons. The molecular weight excluding hydrogens is 220 g/mol. The second-order valence-electron chi connectivity index (χ2n) is 3.71. The van der Waals surface area contributed by atoms with E-state index in [1.54, 1.807) is 7.05 Å². The SMILES string of the molecule is Cc1ccccc1/C=C1/NC(=S)N(C)C1=O. The molecule has 1 fully saturated rings. The first-order chi connectivity index (χ1) is 7.59. The van der Waals surface area contributed by atoms with Crippen molar-refractivity contribution in [1.82, 2.24) is 10.2 Å². The predicted octanol–water partition coefficient (Wildman–Crippen LogP) is 1.68. The number of carbonyl (C=O) groups is 1. The molecule has 16 heavy (non-hydrogen) atoms. The van der Waals surface area contributed by atoms with Crippen LogP contribution in [-0.2, 0) is 4.79 Å². The average Bonchev–Trinajstić information content (AvgIpc) is 2.50. The van der Waals surface area contributed by atoms with Gasteiger partial charge in [-0.25, -0.2) is 0 Å². The Labute approximate surface area is 99.8 Å². The van der Waals surface area contributed by atoms with E-state index in [1.807, 2.05) is 37.3 Å². The Kier molecular flexibility index (Phi) is 2.75. The van der Waals surface area contributed by atoms with Gasteiger partial charge < -0.3 is 5.32 Å². The summed E-state index contributed by atoms with van der Waals surface area (Å²) < 4.78 is 0. The third-order valence-electron chi connectivity index (χ3n) is 2.57. The van der Waals surface area contributed by atoms with Crippen molar-refractivity contribution in [3.63, 3.8) is 0 Å². The lowest BCUT2D eigenvalue weighted by Crippen LogP contribution is -2.25. The molecule has 1 N–H and O–H groups in total. The molecule has 2 rings (SSSR count). The first-order valence-corrected chi connectivity index (χ1v) is 5.37. The molecule has 0 unspecified atom stereocenters. The maximum Gasteiger partial charge on any atom is 0.276 e. The second-order valence-corrected chi connectivity index (χ2v) is 4.10. The highest BCUT2D eigenvalue weighted by molar-refractivity contribution is 7.80. The van der Waals surface area contributed by atoms with Crippen LogP contribution in [0.4, 0.5) is 0 Å². The van der Waals surface area contributed by atoms with E-state index < -0.39 is 0 Å². The Hall–Kier alpha value is -1.68. The van der Waals surface area contributed by atoms with Crippen molar-refractivity contribution in [3.05, 3.63) is 41.1 Å². The Morgan fingerprint density at radius 3 is 2.62 bits per heavy atom. The van der Waals surface area contributed by atoms with Crippen LogP contribution in [0.2, 0.25) is 0 Å². The molecule has 1 aromatic rings. The number of hydrogen-bond acceptors (Lipinski definition) is 2. The Bertz CT molecular complexity index is 494. The number of thiocarbonyl (C=S) groups is 1. The van der Waals surface area contributed by atoms with Crippen LogP contribution < -0.4 is 5.32 Å². The fourth-order valence-corrected chi connectivity index (χ4v) is 1.72. The van der Waals surface area contributed by atoms with Crippen molar-refractivity contribution in [2.75, 3.05) is 7.05 Å². The van der Waals surface area contributed by atoms with Crippen molar-refractivity contribution in [2.24, 2.45) is 0 Å². The number of benzene rings is 1. The molecule has 4 heteroatoms. The number of likely N-dealkylation sites (N-methyl/N-ethyl adjacent to an activating group) is 1. The highest BCUT2D eigenvalue weighted by atomic mass is 32.1. The summed E-state index contributed by atoms with van der Waals surface area (Å²) in [6, 6.07) is 7.89. The number of carbonyl (C=O) groups excluding carboxylic acids is 1. The highest BCUT2D eigenvalue weighted by Gasteiger charge is 2.26. The third kappa shape index (κ3) is 1.84. The van der Waals surface area contributed by atoms with Crippen LogP contribution in [-0.4, -0.2) is 23.0 Å². The molecule has 1 aliphatic rings. The minimum Gasteiger partial charge on any atom is -0.328 e. The van der Waals surface area contributed by atoms with Crippen molar-refractivity contribution in [2.45, 2.75) is 6.92 Å². The minimum atomic E-state index is -0.0896. The van der Waals surface area contributed by atoms with Crippen LogP contribution in [0.5, 0.6) is 0 Å². The van der Waals surface area contributed by atoms with Gasteiger partial charge >= 0.3 is 0 Å². The molecule has 0 aromatic heterocycles. The van der Waals surface area contributed by atoms with E-state index in [1.165, 1.54) is 4.90 Å². The maximum absolute atomic E-state index is 11.7. The molecule has 3 nitrogen and oxygen atoms in total. The standard InChI is InChI=1S/C12H12N2OS/c1-8-5-3-4-6-9(8)7-10-11(15)14(2)12(16)13-10/h3-7H,1-2H3,(H,13,16)/b10-7+. The largest absolute Gasteiger partial charge is 0.328 e. The van der Waals surface area contributed by atoms with E-state index in [0.717, 1.165) is 11.1 Å². The smallest absolute Gasteiger partial charge is 0.276 e. The fraction of sp³-hybridized carbons (Fsp3) is 0.167. The van der Waals surface area contributed by atoms with Crippen molar-refractivity contribution in [1.29, 1.82) is 0 Å². The van der Waals surface area contributed by atoms with Gasteiger partial charge in [0.25, 0.3) is 5.91 Å². The Morgan fingerprint density at radius 1 is 1.38 bits per heavy atom. The fourth-order valence-electron chi connectivity index (χ4n) is 1.53. The number of hydrogen-bond donors (Lipinski definition) is 1. The van der Waals surface area contributed by atoms with E-state index in [0.29, 0.717) is 10.8 Å². The summed E-state index contributed by atoms with van der Waals surface area (Å²) in [5.41, 5.74) is 2.68. The highest BCUT2D eigenvalue weighted by Crippen LogP contribution is 2.15. The van der Waals surface area contributed by atoms with Crippen molar-refractivity contribution in [3.8, 4) is 0 Å². The van der Waals surface area contributed by atoms with Gasteiger partial charge in [0, 0.05) is 7.05 Å². The van der Waals surface area contributed by atoms with Crippen molar-refractivity contribution < 1.29 is 4.79 Å². The van der Waals surface area contributed by atoms with Gasteiger partial charge in [-0.3, -0.25) is 9.69 Å². The quantitative estimate of drug-likeness (QED) is 0.590. The van der Waals surface area contributed by atoms with E-state index in [-0.39, 0.29) is 5.91 Å². The van der Waals surface area contributed by atoms with Gasteiger partial charge in [-0.1, -0.05) is 24.3 Å². The molecule has 0 aliphatic carbocycles. The zero-order valence-electron chi connectivity index (χ0n) is 9.15. The maximum atomic E-state index is 11.7. The lowest BCUT2D eigenvalue weighted by atomic mass is 10.1. The van der Waals surface area contributed by atoms with Gasteiger partial charge in [0.15, 0.2) is 5.11 Å². The lowest BCUT2D eigenvalue weighted by Gasteiger charge is -2.02. The molecule has 0 spiro atoms. The summed E-state index contributed by atoms with van der Waals surface area (Å²) in [6.45, 7) is 2.01. The molecule has 0 bridgehead atoms.